The molecule has 0 spiro atoms. The Morgan fingerprint density at radius 3 is 2.58 bits per heavy atom. The Kier molecular flexibility index (Phi) is 4.14. The van der Waals surface area contributed by atoms with Gasteiger partial charge < -0.3 is 14.4 Å². The van der Waals surface area contributed by atoms with Crippen molar-refractivity contribution in [2.45, 2.75) is 32.0 Å². The van der Waals surface area contributed by atoms with Crippen molar-refractivity contribution in [1.82, 2.24) is 15.1 Å². The van der Waals surface area contributed by atoms with Gasteiger partial charge in [0, 0.05) is 33.8 Å². The van der Waals surface area contributed by atoms with Gasteiger partial charge in [0.25, 0.3) is 5.89 Å². The fraction of sp³-hybridized carbons (Fsp3) is 0.278. The number of rotatable bonds is 2. The second kappa shape index (κ2) is 6.23. The Bertz CT molecular complexity index is 967. The third-order valence-electron chi connectivity index (χ3n) is 4.29. The number of hydrogen-bond donors (Lipinski definition) is 1. The van der Waals surface area contributed by atoms with Crippen LogP contribution in [0.15, 0.2) is 35.0 Å². The molecule has 8 heteroatoms. The maximum Gasteiger partial charge on any atom is 0.259 e. The van der Waals surface area contributed by atoms with E-state index in [0.717, 1.165) is 5.56 Å². The van der Waals surface area contributed by atoms with Gasteiger partial charge in [-0.2, -0.15) is 4.98 Å². The lowest BCUT2D eigenvalue weighted by Crippen LogP contribution is -2.46. The highest BCUT2D eigenvalue weighted by molar-refractivity contribution is 6.35. The van der Waals surface area contributed by atoms with E-state index in [1.54, 1.807) is 24.4 Å². The molecule has 0 unspecified atom stereocenters. The fourth-order valence-electron chi connectivity index (χ4n) is 2.77. The molecule has 26 heavy (non-hydrogen) atoms. The molecule has 1 atom stereocenters. The highest BCUT2D eigenvalue weighted by Gasteiger charge is 2.36. The number of aliphatic hydroxyl groups excluding tert-OH is 1. The van der Waals surface area contributed by atoms with Crippen LogP contribution < -0.4 is 4.74 Å². The van der Waals surface area contributed by atoms with Crippen LogP contribution in [-0.2, 0) is 6.42 Å². The average molecular weight is 392 g/mol. The number of hydrogen-bond acceptors (Lipinski definition) is 6. The zero-order chi connectivity index (χ0) is 18.5. The molecule has 1 aliphatic heterocycles. The average Bonchev–Trinajstić information content (AvgIpc) is 3.04. The van der Waals surface area contributed by atoms with E-state index >= 15 is 0 Å². The van der Waals surface area contributed by atoms with Gasteiger partial charge in [-0.3, -0.25) is 0 Å². The Hall–Kier alpha value is -2.15. The second-order valence-electron chi connectivity index (χ2n) is 6.69. The first-order chi connectivity index (χ1) is 12.3. The number of halogens is 2. The van der Waals surface area contributed by atoms with Crippen LogP contribution in [-0.4, -0.2) is 31.9 Å². The summed E-state index contributed by atoms with van der Waals surface area (Å²) in [5.74, 6) is 1.19. The Morgan fingerprint density at radius 2 is 1.85 bits per heavy atom. The van der Waals surface area contributed by atoms with Crippen molar-refractivity contribution in [2.24, 2.45) is 0 Å². The van der Waals surface area contributed by atoms with Crippen LogP contribution in [0.4, 0.5) is 0 Å². The molecule has 1 N–H and O–H groups in total. The van der Waals surface area contributed by atoms with Crippen molar-refractivity contribution in [3.8, 4) is 28.7 Å². The van der Waals surface area contributed by atoms with Crippen molar-refractivity contribution >= 4 is 23.2 Å². The van der Waals surface area contributed by atoms with E-state index < -0.39 is 11.7 Å². The van der Waals surface area contributed by atoms with E-state index in [9.17, 15) is 5.11 Å². The number of ether oxygens (including phenoxy) is 1. The molecular weight excluding hydrogens is 377 g/mol. The first kappa shape index (κ1) is 17.3. The van der Waals surface area contributed by atoms with Gasteiger partial charge in [0.1, 0.15) is 5.60 Å². The van der Waals surface area contributed by atoms with Crippen molar-refractivity contribution in [3.05, 3.63) is 46.1 Å². The lowest BCUT2D eigenvalue weighted by atomic mass is 9.92. The summed E-state index contributed by atoms with van der Waals surface area (Å²) in [4.78, 5) is 8.72. The minimum atomic E-state index is -0.676. The Morgan fingerprint density at radius 1 is 1.12 bits per heavy atom. The summed E-state index contributed by atoms with van der Waals surface area (Å²) in [6.45, 7) is 3.66. The largest absolute Gasteiger partial charge is 0.469 e. The van der Waals surface area contributed by atoms with Crippen LogP contribution >= 0.6 is 23.2 Å². The number of aromatic nitrogens is 3. The van der Waals surface area contributed by atoms with Gasteiger partial charge in [-0.05, 0) is 38.1 Å². The van der Waals surface area contributed by atoms with Crippen LogP contribution in [0.3, 0.4) is 0 Å². The molecule has 2 aromatic heterocycles. The molecule has 0 saturated heterocycles. The molecule has 3 heterocycles. The van der Waals surface area contributed by atoms with Gasteiger partial charge in [-0.25, -0.2) is 4.98 Å². The lowest BCUT2D eigenvalue weighted by molar-refractivity contribution is -0.0442. The normalized spacial score (nSPS) is 18.3. The molecular formula is C18H15Cl2N3O3. The number of fused-ring (bicyclic) bond motifs is 1. The molecule has 134 valence electrons. The number of pyridine rings is 1. The van der Waals surface area contributed by atoms with Crippen molar-refractivity contribution in [3.63, 3.8) is 0 Å². The van der Waals surface area contributed by atoms with Crippen LogP contribution in [0.2, 0.25) is 10.0 Å². The summed E-state index contributed by atoms with van der Waals surface area (Å²) >= 11 is 12.0. The van der Waals surface area contributed by atoms with E-state index in [1.807, 2.05) is 19.9 Å². The molecule has 0 radical (unpaired) electrons. The summed E-state index contributed by atoms with van der Waals surface area (Å²) in [5.41, 5.74) is 1.42. The molecule has 0 fully saturated rings. The van der Waals surface area contributed by atoms with Gasteiger partial charge >= 0.3 is 0 Å². The highest BCUT2D eigenvalue weighted by Crippen LogP contribution is 2.34. The topological polar surface area (TPSA) is 81.3 Å². The molecule has 0 aliphatic carbocycles. The van der Waals surface area contributed by atoms with E-state index in [-0.39, 0.29) is 0 Å². The lowest BCUT2D eigenvalue weighted by Gasteiger charge is -2.36. The second-order valence-corrected chi connectivity index (χ2v) is 7.57. The molecule has 3 aromatic rings. The van der Waals surface area contributed by atoms with Gasteiger partial charge in [0.2, 0.25) is 11.7 Å². The standard InChI is InChI=1S/C18H15Cl2N3O3/c1-18(2)14(24)6-10-3-11(8-21-16(10)25-18)17-22-15(23-26-17)9-4-12(19)7-13(20)5-9/h3-5,7-8,14,24H,6H2,1-2H3/t14-/m0/s1. The van der Waals surface area contributed by atoms with E-state index in [2.05, 4.69) is 15.1 Å². The maximum absolute atomic E-state index is 10.2. The van der Waals surface area contributed by atoms with Crippen molar-refractivity contribution in [1.29, 1.82) is 0 Å². The monoisotopic (exact) mass is 391 g/mol. The molecule has 0 saturated carbocycles. The van der Waals surface area contributed by atoms with Crippen LogP contribution in [0, 0.1) is 0 Å². The molecule has 4 rings (SSSR count). The third-order valence-corrected chi connectivity index (χ3v) is 4.73. The van der Waals surface area contributed by atoms with Gasteiger partial charge in [0.05, 0.1) is 11.7 Å². The van der Waals surface area contributed by atoms with Gasteiger partial charge in [-0.15, -0.1) is 0 Å². The number of benzene rings is 1. The van der Waals surface area contributed by atoms with Gasteiger partial charge in [-0.1, -0.05) is 28.4 Å². The van der Waals surface area contributed by atoms with Crippen LogP contribution in [0.1, 0.15) is 19.4 Å². The maximum atomic E-state index is 10.2. The van der Waals surface area contributed by atoms with Crippen LogP contribution in [0.5, 0.6) is 5.88 Å². The van der Waals surface area contributed by atoms with Crippen molar-refractivity contribution < 1.29 is 14.4 Å². The third kappa shape index (κ3) is 3.16. The van der Waals surface area contributed by atoms with Crippen LogP contribution in [0.25, 0.3) is 22.8 Å². The summed E-state index contributed by atoms with van der Waals surface area (Å²) in [5, 5.41) is 15.2. The molecule has 1 aliphatic rings. The van der Waals surface area contributed by atoms with E-state index in [0.29, 0.717) is 45.2 Å². The molecule has 0 bridgehead atoms. The van der Waals surface area contributed by atoms with E-state index in [4.69, 9.17) is 32.5 Å². The molecule has 0 amide bonds. The quantitative estimate of drug-likeness (QED) is 0.705. The predicted molar refractivity (Wildman–Crippen MR) is 97.4 cm³/mol. The summed E-state index contributed by atoms with van der Waals surface area (Å²) in [7, 11) is 0. The fourth-order valence-corrected chi connectivity index (χ4v) is 3.29. The Labute approximate surface area is 159 Å². The first-order valence-electron chi connectivity index (χ1n) is 7.98. The number of nitrogens with zero attached hydrogens (tertiary/aromatic N) is 3. The smallest absolute Gasteiger partial charge is 0.259 e. The van der Waals surface area contributed by atoms with Crippen molar-refractivity contribution in [2.75, 3.05) is 0 Å². The minimum absolute atomic E-state index is 0.311. The summed E-state index contributed by atoms with van der Waals surface area (Å²) in [6.07, 6.45) is 1.42. The highest BCUT2D eigenvalue weighted by atomic mass is 35.5. The zero-order valence-corrected chi connectivity index (χ0v) is 15.5. The predicted octanol–water partition coefficient (Wildman–Crippen LogP) is 4.18. The Balaban J connectivity index is 1.67. The van der Waals surface area contributed by atoms with E-state index in [1.165, 1.54) is 0 Å². The molecule has 6 nitrogen and oxygen atoms in total. The summed E-state index contributed by atoms with van der Waals surface area (Å²) < 4.78 is 11.1. The summed E-state index contributed by atoms with van der Waals surface area (Å²) in [6, 6.07) is 6.88. The van der Waals surface area contributed by atoms with Gasteiger partial charge in [0.15, 0.2) is 0 Å². The minimum Gasteiger partial charge on any atom is -0.469 e. The zero-order valence-electron chi connectivity index (χ0n) is 14.0. The molecule has 1 aromatic carbocycles. The SMILES string of the molecule is CC1(C)Oc2ncc(-c3nc(-c4cc(Cl)cc(Cl)c4)no3)cc2C[C@@H]1O. The number of aliphatic hydroxyl groups is 1. The first-order valence-corrected chi connectivity index (χ1v) is 8.74.